The molecule has 2 aromatic rings. The summed E-state index contributed by atoms with van der Waals surface area (Å²) in [4.78, 5) is 0. The second-order valence-corrected chi connectivity index (χ2v) is 10.2. The number of rotatable bonds is 3. The van der Waals surface area contributed by atoms with Gasteiger partial charge < -0.3 is 10.5 Å². The molecule has 0 saturated carbocycles. The molecule has 0 bridgehead atoms. The zero-order chi connectivity index (χ0) is 21.8. The quantitative estimate of drug-likeness (QED) is 0.275. The van der Waals surface area contributed by atoms with Crippen LogP contribution in [-0.4, -0.2) is 16.8 Å². The van der Waals surface area contributed by atoms with Gasteiger partial charge >= 0.3 is 0 Å². The van der Waals surface area contributed by atoms with Gasteiger partial charge in [-0.15, -0.1) is 0 Å². The van der Waals surface area contributed by atoms with Crippen LogP contribution in [0.3, 0.4) is 0 Å². The van der Waals surface area contributed by atoms with Crippen molar-refractivity contribution >= 4 is 45.3 Å². The van der Waals surface area contributed by atoms with E-state index in [1.807, 2.05) is 12.1 Å². The normalized spacial score (nSPS) is 19.2. The van der Waals surface area contributed by atoms with E-state index in [1.165, 1.54) is 31.7 Å². The molecule has 3 nitrogen and oxygen atoms in total. The zero-order valence-electron chi connectivity index (χ0n) is 18.3. The second kappa shape index (κ2) is 7.66. The van der Waals surface area contributed by atoms with Crippen molar-refractivity contribution in [2.45, 2.75) is 45.4 Å². The molecule has 0 fully saturated rings. The maximum atomic E-state index is 6.24. The lowest BCUT2D eigenvalue weighted by Crippen LogP contribution is -2.27. The Hall–Kier alpha value is -2.34. The van der Waals surface area contributed by atoms with Crippen molar-refractivity contribution in [2.24, 2.45) is 0 Å². The molecule has 0 atom stereocenters. The lowest BCUT2D eigenvalue weighted by molar-refractivity contribution is -0.433. The third-order valence-corrected chi connectivity index (χ3v) is 7.35. The summed E-state index contributed by atoms with van der Waals surface area (Å²) in [5.41, 5.74) is 14.5. The summed E-state index contributed by atoms with van der Waals surface area (Å²) in [7, 11) is 0. The number of nitrogens with zero attached hydrogens (tertiary/aromatic N) is 1. The number of hydrogen-bond donors (Lipinski definition) is 1. The van der Waals surface area contributed by atoms with Crippen LogP contribution in [0.2, 0.25) is 0 Å². The number of halogens is 1. The average Bonchev–Trinajstić information content (AvgIpc) is 2.96. The van der Waals surface area contributed by atoms with Crippen LogP contribution >= 0.6 is 22.6 Å². The van der Waals surface area contributed by atoms with E-state index >= 15 is 0 Å². The van der Waals surface area contributed by atoms with E-state index in [-0.39, 0.29) is 5.41 Å². The minimum atomic E-state index is -0.0470. The van der Waals surface area contributed by atoms with Crippen LogP contribution in [0.5, 0.6) is 5.75 Å². The summed E-state index contributed by atoms with van der Waals surface area (Å²) in [6.45, 7) is 7.84. The summed E-state index contributed by atoms with van der Waals surface area (Å²) < 4.78 is 9.97. The topological polar surface area (TPSA) is 38.3 Å². The Bertz CT molecular complexity index is 1210. The van der Waals surface area contributed by atoms with Crippen LogP contribution in [0.1, 0.15) is 51.2 Å². The Labute approximate surface area is 198 Å². The molecule has 3 aliphatic rings. The average molecular weight is 523 g/mol. The molecule has 158 valence electrons. The predicted molar refractivity (Wildman–Crippen MR) is 137 cm³/mol. The van der Waals surface area contributed by atoms with Gasteiger partial charge in [-0.3, -0.25) is 0 Å². The molecular weight excluding hydrogens is 495 g/mol. The van der Waals surface area contributed by atoms with Crippen molar-refractivity contribution in [3.8, 4) is 5.75 Å². The van der Waals surface area contributed by atoms with Crippen molar-refractivity contribution in [1.29, 1.82) is 0 Å². The first-order chi connectivity index (χ1) is 14.9. The predicted octanol–water partition coefficient (Wildman–Crippen LogP) is 6.74. The minimum Gasteiger partial charge on any atom is -0.457 e. The summed E-state index contributed by atoms with van der Waals surface area (Å²) in [6.07, 6.45) is 10.1. The van der Waals surface area contributed by atoms with Gasteiger partial charge in [0, 0.05) is 44.2 Å². The molecule has 0 aromatic heterocycles. The third-order valence-electron chi connectivity index (χ3n) is 6.68. The van der Waals surface area contributed by atoms with Crippen LogP contribution in [0.15, 0.2) is 66.0 Å². The van der Waals surface area contributed by atoms with Crippen LogP contribution < -0.4 is 10.5 Å². The number of allylic oxidation sites excluding steroid dienone is 5. The Morgan fingerprint density at radius 2 is 2.00 bits per heavy atom. The molecule has 0 amide bonds. The van der Waals surface area contributed by atoms with Gasteiger partial charge in [0.1, 0.15) is 18.1 Å². The Kier molecular flexibility index (Phi) is 5.08. The number of nitrogens with two attached hydrogens (primary N) is 1. The largest absolute Gasteiger partial charge is 0.457 e. The molecule has 2 heterocycles. The van der Waals surface area contributed by atoms with E-state index in [2.05, 4.69) is 90.4 Å². The number of hydrogen-bond acceptors (Lipinski definition) is 2. The van der Waals surface area contributed by atoms with E-state index in [4.69, 9.17) is 10.5 Å². The fourth-order valence-corrected chi connectivity index (χ4v) is 5.59. The molecular formula is C27H28IN2O+. The minimum absolute atomic E-state index is 0.0470. The maximum absolute atomic E-state index is 6.24. The van der Waals surface area contributed by atoms with Crippen molar-refractivity contribution < 1.29 is 9.31 Å². The van der Waals surface area contributed by atoms with Crippen LogP contribution in [0.4, 0.5) is 11.4 Å². The fourth-order valence-electron chi connectivity index (χ4n) is 5.10. The van der Waals surface area contributed by atoms with Gasteiger partial charge in [0.05, 0.1) is 5.41 Å². The number of fused-ring (bicyclic) bond motifs is 3. The number of nitrogen functional groups attached to an aromatic ring is 1. The van der Waals surface area contributed by atoms with Crippen LogP contribution in [0.25, 0.3) is 5.57 Å². The van der Waals surface area contributed by atoms with Crippen molar-refractivity contribution in [2.75, 3.05) is 12.3 Å². The third kappa shape index (κ3) is 3.36. The SMILES string of the molecule is CC[N+]1=C(/C=C/C2=C3CCCC=C3Oc3cc(N)ccc32)C(C)(C)c2cc(I)ccc21. The lowest BCUT2D eigenvalue weighted by Gasteiger charge is -2.27. The molecule has 2 aromatic carbocycles. The van der Waals surface area contributed by atoms with Gasteiger partial charge in [0.2, 0.25) is 5.69 Å². The van der Waals surface area contributed by atoms with Crippen LogP contribution in [-0.2, 0) is 5.41 Å². The monoisotopic (exact) mass is 523 g/mol. The van der Waals surface area contributed by atoms with Crippen LogP contribution in [0, 0.1) is 3.57 Å². The van der Waals surface area contributed by atoms with Gasteiger partial charge in [-0.2, -0.15) is 4.58 Å². The highest BCUT2D eigenvalue weighted by Gasteiger charge is 2.44. The van der Waals surface area contributed by atoms with Gasteiger partial charge in [0.15, 0.2) is 5.71 Å². The summed E-state index contributed by atoms with van der Waals surface area (Å²) in [5, 5.41) is 0. The molecule has 0 unspecified atom stereocenters. The number of anilines is 1. The van der Waals surface area contributed by atoms with Gasteiger partial charge in [0.25, 0.3) is 0 Å². The van der Waals surface area contributed by atoms with Crippen molar-refractivity contribution in [3.05, 3.63) is 80.7 Å². The standard InChI is InChI=1S/C27H28IN2O/c1-4-30-23-13-9-17(28)15-22(23)27(2,3)26(30)14-12-19-20-7-5-6-8-24(20)31-25-16-18(29)10-11-21(19)25/h8-16H,4-7,29H2,1-3H3/q+1/b14-12+. The molecule has 5 rings (SSSR count). The Morgan fingerprint density at radius 3 is 2.81 bits per heavy atom. The molecule has 0 radical (unpaired) electrons. The fraction of sp³-hybridized carbons (Fsp3) is 0.296. The molecule has 0 spiro atoms. The summed E-state index contributed by atoms with van der Waals surface area (Å²) in [6, 6.07) is 12.8. The first-order valence-electron chi connectivity index (χ1n) is 11.0. The number of benzene rings is 2. The highest BCUT2D eigenvalue weighted by atomic mass is 127. The summed E-state index contributed by atoms with van der Waals surface area (Å²) in [5.74, 6) is 1.86. The zero-order valence-corrected chi connectivity index (χ0v) is 20.5. The van der Waals surface area contributed by atoms with E-state index in [9.17, 15) is 0 Å². The smallest absolute Gasteiger partial charge is 0.209 e. The molecule has 2 N–H and O–H groups in total. The van der Waals surface area contributed by atoms with E-state index in [0.717, 1.165) is 48.6 Å². The molecule has 1 aliphatic carbocycles. The van der Waals surface area contributed by atoms with Gasteiger partial charge in [-0.25, -0.2) is 0 Å². The highest BCUT2D eigenvalue weighted by molar-refractivity contribution is 14.1. The molecule has 4 heteroatoms. The van der Waals surface area contributed by atoms with Gasteiger partial charge in [-0.1, -0.05) is 0 Å². The Balaban J connectivity index is 1.65. The number of ether oxygens (including phenoxy) is 1. The maximum Gasteiger partial charge on any atom is 0.209 e. The first kappa shape index (κ1) is 20.6. The van der Waals surface area contributed by atoms with E-state index in [1.54, 1.807) is 0 Å². The molecule has 31 heavy (non-hydrogen) atoms. The van der Waals surface area contributed by atoms with E-state index in [0.29, 0.717) is 0 Å². The first-order valence-corrected chi connectivity index (χ1v) is 12.1. The molecule has 0 saturated heterocycles. The lowest BCUT2D eigenvalue weighted by atomic mass is 9.81. The summed E-state index contributed by atoms with van der Waals surface area (Å²) >= 11 is 2.41. The second-order valence-electron chi connectivity index (χ2n) is 8.96. The van der Waals surface area contributed by atoms with Gasteiger partial charge in [-0.05, 0) is 105 Å². The van der Waals surface area contributed by atoms with E-state index < -0.39 is 0 Å². The highest BCUT2D eigenvalue weighted by Crippen LogP contribution is 2.44. The Morgan fingerprint density at radius 1 is 1.16 bits per heavy atom. The van der Waals surface area contributed by atoms with Crippen molar-refractivity contribution in [3.63, 3.8) is 0 Å². The molecule has 2 aliphatic heterocycles. The van der Waals surface area contributed by atoms with Crippen molar-refractivity contribution in [1.82, 2.24) is 0 Å².